The number of hydrazine groups is 1. The summed E-state index contributed by atoms with van der Waals surface area (Å²) in [4.78, 5) is 4.78. The SMILES string of the molecule is O=S(=O)(CCN1CCCC1)NN1CCC(COCc2cc(C(F)(F)F)cc(C(F)(F)F)c2)(c2ccccc2)CC1. The molecule has 13 heteroatoms. The fourth-order valence-electron chi connectivity index (χ4n) is 5.30. The molecule has 40 heavy (non-hydrogen) atoms. The Kier molecular flexibility index (Phi) is 9.50. The molecule has 6 nitrogen and oxygen atoms in total. The summed E-state index contributed by atoms with van der Waals surface area (Å²) in [6, 6.07) is 10.7. The van der Waals surface area contributed by atoms with Gasteiger partial charge in [-0.05, 0) is 68.1 Å². The van der Waals surface area contributed by atoms with Gasteiger partial charge in [-0.2, -0.15) is 26.3 Å². The summed E-state index contributed by atoms with van der Waals surface area (Å²) >= 11 is 0. The Morgan fingerprint density at radius 1 is 0.850 bits per heavy atom. The highest BCUT2D eigenvalue weighted by Gasteiger charge is 2.39. The molecule has 0 unspecified atom stereocenters. The highest BCUT2D eigenvalue weighted by atomic mass is 32.2. The maximum Gasteiger partial charge on any atom is 0.416 e. The van der Waals surface area contributed by atoms with Crippen LogP contribution in [-0.2, 0) is 39.1 Å². The first-order valence-electron chi connectivity index (χ1n) is 13.1. The maximum absolute atomic E-state index is 13.2. The number of piperidine rings is 1. The summed E-state index contributed by atoms with van der Waals surface area (Å²) in [5.41, 5.74) is -2.68. The molecule has 2 aliphatic heterocycles. The van der Waals surface area contributed by atoms with E-state index in [0.717, 1.165) is 31.5 Å². The molecule has 0 saturated carbocycles. The van der Waals surface area contributed by atoms with E-state index in [-0.39, 0.29) is 24.0 Å². The van der Waals surface area contributed by atoms with Gasteiger partial charge >= 0.3 is 12.4 Å². The fourth-order valence-corrected chi connectivity index (χ4v) is 6.46. The third-order valence-electron chi connectivity index (χ3n) is 7.54. The minimum atomic E-state index is -4.93. The second kappa shape index (κ2) is 12.4. The average molecular weight is 594 g/mol. The molecule has 2 fully saturated rings. The zero-order chi connectivity index (χ0) is 29.0. The predicted octanol–water partition coefficient (Wildman–Crippen LogP) is 5.20. The molecule has 0 amide bonds. The largest absolute Gasteiger partial charge is 0.416 e. The molecule has 2 heterocycles. The molecule has 222 valence electrons. The third-order valence-corrected chi connectivity index (χ3v) is 8.80. The summed E-state index contributed by atoms with van der Waals surface area (Å²) in [6.07, 6.45) is -6.78. The normalized spacial score (nSPS) is 19.2. The van der Waals surface area contributed by atoms with Gasteiger partial charge in [-0.1, -0.05) is 30.3 Å². The third kappa shape index (κ3) is 8.19. The number of halogens is 6. The van der Waals surface area contributed by atoms with Gasteiger partial charge in [-0.15, -0.1) is 4.83 Å². The summed E-state index contributed by atoms with van der Waals surface area (Å²) in [5, 5.41) is 1.64. The van der Waals surface area contributed by atoms with Crippen LogP contribution in [0.15, 0.2) is 48.5 Å². The lowest BCUT2D eigenvalue weighted by Crippen LogP contribution is -2.52. The average Bonchev–Trinajstić information content (AvgIpc) is 3.42. The summed E-state index contributed by atoms with van der Waals surface area (Å²) in [7, 11) is -3.54. The van der Waals surface area contributed by atoms with Gasteiger partial charge in [0.1, 0.15) is 0 Å². The number of nitrogens with one attached hydrogen (secondary N) is 1. The van der Waals surface area contributed by atoms with E-state index in [4.69, 9.17) is 4.74 Å². The van der Waals surface area contributed by atoms with E-state index < -0.39 is 45.5 Å². The Balaban J connectivity index is 1.42. The Morgan fingerprint density at radius 2 is 1.43 bits per heavy atom. The van der Waals surface area contributed by atoms with Crippen molar-refractivity contribution in [2.24, 2.45) is 0 Å². The van der Waals surface area contributed by atoms with Gasteiger partial charge in [0.25, 0.3) is 0 Å². The van der Waals surface area contributed by atoms with Gasteiger partial charge < -0.3 is 9.64 Å². The van der Waals surface area contributed by atoms with Crippen molar-refractivity contribution in [3.63, 3.8) is 0 Å². The van der Waals surface area contributed by atoms with E-state index >= 15 is 0 Å². The number of hydrogen-bond acceptors (Lipinski definition) is 5. The van der Waals surface area contributed by atoms with Gasteiger partial charge in [-0.3, -0.25) is 0 Å². The van der Waals surface area contributed by atoms with Crippen molar-refractivity contribution in [1.29, 1.82) is 0 Å². The lowest BCUT2D eigenvalue weighted by atomic mass is 9.73. The summed E-state index contributed by atoms with van der Waals surface area (Å²) in [6.45, 7) is 2.61. The molecule has 0 aliphatic carbocycles. The van der Waals surface area contributed by atoms with Gasteiger partial charge in [0.2, 0.25) is 10.0 Å². The van der Waals surface area contributed by atoms with Gasteiger partial charge in [-0.25, -0.2) is 13.4 Å². The molecule has 4 rings (SSSR count). The van der Waals surface area contributed by atoms with E-state index in [1.54, 1.807) is 5.01 Å². The molecule has 2 saturated heterocycles. The Hall–Kier alpha value is -2.19. The highest BCUT2D eigenvalue weighted by Crippen LogP contribution is 2.38. The van der Waals surface area contributed by atoms with Crippen LogP contribution in [0.4, 0.5) is 26.3 Å². The molecule has 2 aromatic carbocycles. The number of rotatable bonds is 10. The number of ether oxygens (including phenoxy) is 1. The number of likely N-dealkylation sites (tertiary alicyclic amines) is 1. The molecular weight excluding hydrogens is 560 g/mol. The van der Waals surface area contributed by atoms with E-state index in [1.807, 2.05) is 30.3 Å². The van der Waals surface area contributed by atoms with E-state index in [9.17, 15) is 34.8 Å². The van der Waals surface area contributed by atoms with Crippen LogP contribution in [-0.4, -0.2) is 63.4 Å². The smallest absolute Gasteiger partial charge is 0.376 e. The van der Waals surface area contributed by atoms with Crippen molar-refractivity contribution in [1.82, 2.24) is 14.7 Å². The fraction of sp³-hybridized carbons (Fsp3) is 0.556. The molecule has 0 radical (unpaired) electrons. The standard InChI is InChI=1S/C27H33F6N3O3S/c28-26(29,30)23-16-21(17-24(18-23)27(31,32)33)19-39-20-25(22-6-2-1-3-7-22)8-12-36(13-9-25)34-40(37,38)15-14-35-10-4-5-11-35/h1-3,6-7,16-18,34H,4-5,8-15,19-20H2. The molecule has 2 aliphatic rings. The Bertz CT molecular complexity index is 1190. The lowest BCUT2D eigenvalue weighted by molar-refractivity contribution is -0.143. The first-order chi connectivity index (χ1) is 18.8. The zero-order valence-electron chi connectivity index (χ0n) is 21.9. The monoisotopic (exact) mass is 593 g/mol. The second-order valence-electron chi connectivity index (χ2n) is 10.5. The van der Waals surface area contributed by atoms with Crippen LogP contribution in [0.25, 0.3) is 0 Å². The molecule has 2 aromatic rings. The van der Waals surface area contributed by atoms with Crippen LogP contribution in [0, 0.1) is 0 Å². The lowest BCUT2D eigenvalue weighted by Gasteiger charge is -2.42. The quantitative estimate of drug-likeness (QED) is 0.384. The first-order valence-corrected chi connectivity index (χ1v) is 14.8. The topological polar surface area (TPSA) is 61.9 Å². The maximum atomic E-state index is 13.2. The Labute approximate surface area is 230 Å². The molecule has 0 bridgehead atoms. The molecular formula is C27H33F6N3O3S. The minimum Gasteiger partial charge on any atom is -0.376 e. The van der Waals surface area contributed by atoms with Crippen molar-refractivity contribution in [2.45, 2.75) is 50.1 Å². The summed E-state index contributed by atoms with van der Waals surface area (Å²) in [5.74, 6) is -0.00660. The van der Waals surface area contributed by atoms with Crippen LogP contribution in [0.5, 0.6) is 0 Å². The van der Waals surface area contributed by atoms with Crippen molar-refractivity contribution in [2.75, 3.05) is 45.1 Å². The number of hydrogen-bond donors (Lipinski definition) is 1. The van der Waals surface area contributed by atoms with E-state index in [0.29, 0.717) is 44.6 Å². The van der Waals surface area contributed by atoms with Crippen molar-refractivity contribution in [3.8, 4) is 0 Å². The van der Waals surface area contributed by atoms with Crippen LogP contribution in [0.2, 0.25) is 0 Å². The van der Waals surface area contributed by atoms with Crippen molar-refractivity contribution >= 4 is 10.0 Å². The van der Waals surface area contributed by atoms with Gasteiger partial charge in [0, 0.05) is 25.0 Å². The second-order valence-corrected chi connectivity index (χ2v) is 12.3. The highest BCUT2D eigenvalue weighted by molar-refractivity contribution is 7.89. The molecule has 0 aromatic heterocycles. The van der Waals surface area contributed by atoms with Gasteiger partial charge in [0.05, 0.1) is 30.1 Å². The zero-order valence-corrected chi connectivity index (χ0v) is 22.7. The first kappa shape index (κ1) is 30.8. The predicted molar refractivity (Wildman–Crippen MR) is 138 cm³/mol. The van der Waals surface area contributed by atoms with Crippen LogP contribution in [0.3, 0.4) is 0 Å². The van der Waals surface area contributed by atoms with Crippen LogP contribution in [0.1, 0.15) is 47.9 Å². The summed E-state index contributed by atoms with van der Waals surface area (Å²) < 4.78 is 111. The van der Waals surface area contributed by atoms with Crippen LogP contribution >= 0.6 is 0 Å². The Morgan fingerprint density at radius 3 is 1.98 bits per heavy atom. The van der Waals surface area contributed by atoms with E-state index in [2.05, 4.69) is 9.73 Å². The number of alkyl halides is 6. The molecule has 0 spiro atoms. The number of benzene rings is 2. The van der Waals surface area contributed by atoms with Gasteiger partial charge in [0.15, 0.2) is 0 Å². The van der Waals surface area contributed by atoms with Crippen LogP contribution < -0.4 is 4.83 Å². The van der Waals surface area contributed by atoms with Crippen molar-refractivity contribution < 1.29 is 39.5 Å². The molecule has 1 N–H and O–H groups in total. The minimum absolute atomic E-state index is 0.00660. The number of sulfonamides is 1. The van der Waals surface area contributed by atoms with Crippen molar-refractivity contribution in [3.05, 3.63) is 70.8 Å². The number of nitrogens with zero attached hydrogens (tertiary/aromatic N) is 2. The van der Waals surface area contributed by atoms with E-state index in [1.165, 1.54) is 0 Å². The molecule has 0 atom stereocenters.